The molecule has 0 unspecified atom stereocenters. The molecule has 0 radical (unpaired) electrons. The van der Waals surface area contributed by atoms with Gasteiger partial charge in [-0.3, -0.25) is 9.88 Å². The van der Waals surface area contributed by atoms with Gasteiger partial charge in [0.15, 0.2) is 5.82 Å². The highest BCUT2D eigenvalue weighted by atomic mass is 35.5. The first kappa shape index (κ1) is 17.1. The minimum absolute atomic E-state index is 0.207. The van der Waals surface area contributed by atoms with Crippen molar-refractivity contribution < 1.29 is 8.78 Å². The van der Waals surface area contributed by atoms with Crippen molar-refractivity contribution in [1.29, 1.82) is 0 Å². The lowest BCUT2D eigenvalue weighted by Gasteiger charge is -2.36. The van der Waals surface area contributed by atoms with Crippen LogP contribution in [0, 0.1) is 11.6 Å². The second-order valence-electron chi connectivity index (χ2n) is 6.37. The second kappa shape index (κ2) is 7.13. The maximum Gasteiger partial charge on any atom is 0.152 e. The largest absolute Gasteiger partial charge is 0.368 e. The number of pyridine rings is 2. The zero-order valence-electron chi connectivity index (χ0n) is 14.0. The number of hydrogen-bond acceptors (Lipinski definition) is 4. The van der Waals surface area contributed by atoms with Gasteiger partial charge in [0.05, 0.1) is 0 Å². The minimum Gasteiger partial charge on any atom is -0.368 e. The summed E-state index contributed by atoms with van der Waals surface area (Å²) in [5, 5.41) is 1.00. The van der Waals surface area contributed by atoms with Crippen LogP contribution in [0.25, 0.3) is 10.9 Å². The zero-order valence-corrected chi connectivity index (χ0v) is 14.8. The maximum atomic E-state index is 14.0. The lowest BCUT2D eigenvalue weighted by molar-refractivity contribution is 0.250. The van der Waals surface area contributed by atoms with Gasteiger partial charge in [0.1, 0.15) is 16.5 Å². The Hall–Kier alpha value is -2.31. The molecule has 134 valence electrons. The van der Waals surface area contributed by atoms with Crippen molar-refractivity contribution in [1.82, 2.24) is 14.9 Å². The van der Waals surface area contributed by atoms with Crippen LogP contribution in [0.1, 0.15) is 5.56 Å². The van der Waals surface area contributed by atoms with Gasteiger partial charge in [0.2, 0.25) is 0 Å². The van der Waals surface area contributed by atoms with Gasteiger partial charge in [-0.25, -0.2) is 13.8 Å². The fraction of sp³-hybridized carbons (Fsp3) is 0.263. The summed E-state index contributed by atoms with van der Waals surface area (Å²) in [5.41, 5.74) is 2.14. The molecule has 0 bridgehead atoms. The van der Waals surface area contributed by atoms with Gasteiger partial charge in [-0.15, -0.1) is 0 Å². The van der Waals surface area contributed by atoms with E-state index in [1.54, 1.807) is 18.5 Å². The monoisotopic (exact) mass is 374 g/mol. The number of anilines is 1. The molecule has 1 aromatic carbocycles. The highest BCUT2D eigenvalue weighted by Gasteiger charge is 2.20. The van der Waals surface area contributed by atoms with Gasteiger partial charge in [-0.1, -0.05) is 17.7 Å². The Bertz CT molecular complexity index is 925. The molecule has 0 N–H and O–H groups in total. The summed E-state index contributed by atoms with van der Waals surface area (Å²) in [4.78, 5) is 12.6. The van der Waals surface area contributed by atoms with E-state index in [0.29, 0.717) is 10.5 Å². The van der Waals surface area contributed by atoms with E-state index in [0.717, 1.165) is 50.0 Å². The quantitative estimate of drug-likeness (QED) is 0.651. The van der Waals surface area contributed by atoms with E-state index >= 15 is 0 Å². The van der Waals surface area contributed by atoms with Crippen molar-refractivity contribution >= 4 is 28.2 Å². The number of hydrogen-bond donors (Lipinski definition) is 0. The third-order valence-corrected chi connectivity index (χ3v) is 4.87. The van der Waals surface area contributed by atoms with E-state index in [9.17, 15) is 8.78 Å². The van der Waals surface area contributed by atoms with Crippen LogP contribution < -0.4 is 4.90 Å². The summed E-state index contributed by atoms with van der Waals surface area (Å²) >= 11 is 5.82. The molecule has 0 aliphatic carbocycles. The number of benzene rings is 1. The van der Waals surface area contributed by atoms with Crippen molar-refractivity contribution in [2.75, 3.05) is 31.1 Å². The van der Waals surface area contributed by atoms with Crippen molar-refractivity contribution in [2.24, 2.45) is 0 Å². The summed E-state index contributed by atoms with van der Waals surface area (Å²) in [7, 11) is 0. The van der Waals surface area contributed by atoms with Crippen LogP contribution in [0.3, 0.4) is 0 Å². The highest BCUT2D eigenvalue weighted by molar-refractivity contribution is 6.29. The average molecular weight is 375 g/mol. The molecule has 0 atom stereocenters. The first-order chi connectivity index (χ1) is 12.6. The molecule has 3 aromatic rings. The Morgan fingerprint density at radius 2 is 1.81 bits per heavy atom. The first-order valence-corrected chi connectivity index (χ1v) is 8.79. The van der Waals surface area contributed by atoms with Crippen LogP contribution in [-0.4, -0.2) is 41.0 Å². The first-order valence-electron chi connectivity index (χ1n) is 8.41. The Morgan fingerprint density at radius 3 is 2.54 bits per heavy atom. The Morgan fingerprint density at radius 1 is 1.00 bits per heavy atom. The third-order valence-electron chi connectivity index (χ3n) is 4.65. The third kappa shape index (κ3) is 3.48. The minimum atomic E-state index is -0.629. The fourth-order valence-corrected chi connectivity index (χ4v) is 3.46. The molecule has 1 aliphatic rings. The number of nitrogens with zero attached hydrogens (tertiary/aromatic N) is 4. The molecular formula is C19H17ClF2N4. The molecule has 2 aromatic heterocycles. The van der Waals surface area contributed by atoms with E-state index in [2.05, 4.69) is 19.8 Å². The summed E-state index contributed by atoms with van der Waals surface area (Å²) in [6.07, 6.45) is 3.36. The summed E-state index contributed by atoms with van der Waals surface area (Å²) < 4.78 is 27.6. The van der Waals surface area contributed by atoms with Gasteiger partial charge in [0, 0.05) is 62.3 Å². The van der Waals surface area contributed by atoms with Crippen LogP contribution in [0.2, 0.25) is 5.15 Å². The topological polar surface area (TPSA) is 32.3 Å². The molecule has 0 spiro atoms. The fourth-order valence-electron chi connectivity index (χ4n) is 3.35. The molecular weight excluding hydrogens is 358 g/mol. The Kier molecular flexibility index (Phi) is 4.70. The van der Waals surface area contributed by atoms with E-state index in [4.69, 9.17) is 11.6 Å². The van der Waals surface area contributed by atoms with Crippen molar-refractivity contribution in [3.63, 3.8) is 0 Å². The van der Waals surface area contributed by atoms with Crippen LogP contribution in [0.4, 0.5) is 14.5 Å². The normalized spacial score (nSPS) is 15.6. The number of aromatic nitrogens is 2. The smallest absolute Gasteiger partial charge is 0.152 e. The predicted molar refractivity (Wildman–Crippen MR) is 98.4 cm³/mol. The molecule has 1 aliphatic heterocycles. The average Bonchev–Trinajstić information content (AvgIpc) is 2.64. The second-order valence-corrected chi connectivity index (χ2v) is 6.75. The van der Waals surface area contributed by atoms with Gasteiger partial charge < -0.3 is 4.90 Å². The Labute approximate surface area is 155 Å². The summed E-state index contributed by atoms with van der Waals surface area (Å²) in [5.74, 6) is -1.21. The van der Waals surface area contributed by atoms with Crippen LogP contribution >= 0.6 is 11.6 Å². The summed E-state index contributed by atoms with van der Waals surface area (Å²) in [6, 6.07) is 7.81. The van der Waals surface area contributed by atoms with Crippen LogP contribution in [-0.2, 0) is 6.54 Å². The molecule has 4 rings (SSSR count). The number of halogens is 3. The standard InChI is InChI=1S/C19H17ClF2N4/c20-18-2-1-13(11-24-18)12-25-5-7-26(8-6-25)17-3-4-23-19-15(17)9-14(21)10-16(19)22/h1-4,9-11H,5-8,12H2. The molecule has 1 fully saturated rings. The van der Waals surface area contributed by atoms with Crippen LogP contribution in [0.5, 0.6) is 0 Å². The highest BCUT2D eigenvalue weighted by Crippen LogP contribution is 2.28. The van der Waals surface area contributed by atoms with E-state index in [1.165, 1.54) is 6.07 Å². The van der Waals surface area contributed by atoms with Gasteiger partial charge >= 0.3 is 0 Å². The molecule has 7 heteroatoms. The molecule has 1 saturated heterocycles. The SMILES string of the molecule is Fc1cc(F)c2nccc(N3CCN(Cc4ccc(Cl)nc4)CC3)c2c1. The van der Waals surface area contributed by atoms with Crippen LogP contribution in [0.15, 0.2) is 42.7 Å². The lowest BCUT2D eigenvalue weighted by Crippen LogP contribution is -2.46. The van der Waals surface area contributed by atoms with Crippen molar-refractivity contribution in [3.8, 4) is 0 Å². The van der Waals surface area contributed by atoms with Crippen molar-refractivity contribution in [3.05, 3.63) is 65.1 Å². The molecule has 0 saturated carbocycles. The number of rotatable bonds is 3. The lowest BCUT2D eigenvalue weighted by atomic mass is 10.1. The maximum absolute atomic E-state index is 14.0. The number of piperazine rings is 1. The van der Waals surface area contributed by atoms with E-state index in [-0.39, 0.29) is 5.52 Å². The molecule has 0 amide bonds. The van der Waals surface area contributed by atoms with E-state index < -0.39 is 11.6 Å². The molecule has 3 heterocycles. The molecule has 4 nitrogen and oxygen atoms in total. The van der Waals surface area contributed by atoms with Gasteiger partial charge in [-0.2, -0.15) is 0 Å². The Balaban J connectivity index is 1.50. The zero-order chi connectivity index (χ0) is 18.1. The number of fused-ring (bicyclic) bond motifs is 1. The van der Waals surface area contributed by atoms with Gasteiger partial charge in [0.25, 0.3) is 0 Å². The van der Waals surface area contributed by atoms with E-state index in [1.807, 2.05) is 12.1 Å². The van der Waals surface area contributed by atoms with Gasteiger partial charge in [-0.05, 0) is 23.8 Å². The van der Waals surface area contributed by atoms with Crippen molar-refractivity contribution in [2.45, 2.75) is 6.54 Å². The predicted octanol–water partition coefficient (Wildman–Crippen LogP) is 3.88. The summed E-state index contributed by atoms with van der Waals surface area (Å²) in [6.45, 7) is 4.06. The molecule has 26 heavy (non-hydrogen) atoms.